The van der Waals surface area contributed by atoms with Gasteiger partial charge < -0.3 is 0 Å². The van der Waals surface area contributed by atoms with Crippen molar-refractivity contribution in [1.82, 2.24) is 0 Å². The molecule has 1 aromatic rings. The molecule has 0 radical (unpaired) electrons. The van der Waals surface area contributed by atoms with Crippen LogP contribution in [0.4, 0.5) is 0 Å². The van der Waals surface area contributed by atoms with Gasteiger partial charge in [-0.1, -0.05) is 24.2 Å². The van der Waals surface area contributed by atoms with Crippen molar-refractivity contribution in [3.8, 4) is 0 Å². The highest BCUT2D eigenvalue weighted by Gasteiger charge is 1.99. The molecule has 0 fully saturated rings. The molecule has 2 heteroatoms. The van der Waals surface area contributed by atoms with Gasteiger partial charge in [-0.25, -0.2) is 0 Å². The van der Waals surface area contributed by atoms with Crippen LogP contribution in [-0.2, 0) is 6.42 Å². The number of halogens is 1. The molecule has 60 valence electrons. The van der Waals surface area contributed by atoms with Crippen LogP contribution < -0.4 is 0 Å². The van der Waals surface area contributed by atoms with Crippen molar-refractivity contribution in [3.63, 3.8) is 0 Å². The average Bonchev–Trinajstić information content (AvgIpc) is 1.99. The van der Waals surface area contributed by atoms with Gasteiger partial charge in [-0.05, 0) is 47.1 Å². The number of hydrogen-bond donors (Lipinski definition) is 0. The average molecular weight is 276 g/mol. The van der Waals surface area contributed by atoms with Gasteiger partial charge in [0.2, 0.25) is 0 Å². The van der Waals surface area contributed by atoms with Crippen LogP contribution in [0, 0.1) is 10.5 Å². The van der Waals surface area contributed by atoms with Crippen molar-refractivity contribution in [2.75, 3.05) is 0 Å². The monoisotopic (exact) mass is 276 g/mol. The summed E-state index contributed by atoms with van der Waals surface area (Å²) in [5.41, 5.74) is 2.94. The third kappa shape index (κ3) is 2.30. The van der Waals surface area contributed by atoms with Crippen molar-refractivity contribution >= 4 is 32.8 Å². The summed E-state index contributed by atoms with van der Waals surface area (Å²) in [7, 11) is 1.32. The van der Waals surface area contributed by atoms with Crippen LogP contribution in [0.1, 0.15) is 11.1 Å². The molecule has 0 heterocycles. The van der Waals surface area contributed by atoms with Crippen molar-refractivity contribution in [2.24, 2.45) is 0 Å². The molecule has 0 saturated heterocycles. The Morgan fingerprint density at radius 3 is 2.82 bits per heavy atom. The quantitative estimate of drug-likeness (QED) is 0.572. The van der Waals surface area contributed by atoms with Crippen LogP contribution in [0.15, 0.2) is 18.2 Å². The normalized spacial score (nSPS) is 10.4. The zero-order chi connectivity index (χ0) is 8.27. The van der Waals surface area contributed by atoms with Gasteiger partial charge in [-0.2, -0.15) is 0 Å². The molecule has 1 aromatic carbocycles. The van der Waals surface area contributed by atoms with Crippen LogP contribution in [0.25, 0.3) is 0 Å². The minimum absolute atomic E-state index is 1.27. The number of rotatable bonds is 2. The van der Waals surface area contributed by atoms with E-state index in [-0.39, 0.29) is 0 Å². The van der Waals surface area contributed by atoms with E-state index in [0.29, 0.717) is 0 Å². The van der Waals surface area contributed by atoms with E-state index in [1.165, 1.54) is 37.4 Å². The van der Waals surface area contributed by atoms with Crippen LogP contribution in [0.2, 0.25) is 6.04 Å². The molecule has 0 nitrogen and oxygen atoms in total. The van der Waals surface area contributed by atoms with Gasteiger partial charge in [0.1, 0.15) is 0 Å². The van der Waals surface area contributed by atoms with E-state index in [4.69, 9.17) is 0 Å². The molecule has 0 atom stereocenters. The molecule has 0 N–H and O–H groups in total. The molecular weight excluding hydrogens is 263 g/mol. The summed E-state index contributed by atoms with van der Waals surface area (Å²) < 4.78 is 1.46. The molecule has 0 aliphatic carbocycles. The first-order chi connectivity index (χ1) is 5.25. The third-order valence-corrected chi connectivity index (χ3v) is 3.83. The van der Waals surface area contributed by atoms with Crippen molar-refractivity contribution in [1.29, 1.82) is 0 Å². The van der Waals surface area contributed by atoms with E-state index in [2.05, 4.69) is 47.7 Å². The Hall–Kier alpha value is 0.167. The van der Waals surface area contributed by atoms with E-state index in [0.717, 1.165) is 0 Å². The van der Waals surface area contributed by atoms with Crippen molar-refractivity contribution < 1.29 is 0 Å². The molecule has 0 aliphatic rings. The predicted octanol–water partition coefficient (Wildman–Crippen LogP) is 1.93. The first-order valence-electron chi connectivity index (χ1n) is 3.99. The van der Waals surface area contributed by atoms with E-state index >= 15 is 0 Å². The maximum atomic E-state index is 2.44. The van der Waals surface area contributed by atoms with E-state index in [1.54, 1.807) is 0 Å². The molecule has 0 aliphatic heterocycles. The largest absolute Gasteiger partial charge is 0.0618 e. The minimum atomic E-state index is 1.27. The lowest BCUT2D eigenvalue weighted by Crippen LogP contribution is -1.90. The van der Waals surface area contributed by atoms with E-state index in [1.807, 2.05) is 0 Å². The number of aryl methyl sites for hydroxylation is 2. The second-order valence-corrected chi connectivity index (χ2v) is 4.88. The standard InChI is InChI=1S/C9H13ISi/c1-7-3-2-4-8(5-6-11)9(7)10/h2-4H,5-6H2,1,11H3. The van der Waals surface area contributed by atoms with Gasteiger partial charge in [-0.15, -0.1) is 0 Å². The summed E-state index contributed by atoms with van der Waals surface area (Å²) in [6, 6.07) is 7.95. The Kier molecular flexibility index (Phi) is 3.58. The first-order valence-corrected chi connectivity index (χ1v) is 6.49. The zero-order valence-corrected chi connectivity index (χ0v) is 11.2. The fourth-order valence-electron chi connectivity index (χ4n) is 1.17. The summed E-state index contributed by atoms with van der Waals surface area (Å²) in [5, 5.41) is 0. The highest BCUT2D eigenvalue weighted by molar-refractivity contribution is 14.1. The van der Waals surface area contributed by atoms with Gasteiger partial charge in [0.25, 0.3) is 0 Å². The zero-order valence-electron chi connectivity index (χ0n) is 7.02. The van der Waals surface area contributed by atoms with Gasteiger partial charge in [0.15, 0.2) is 0 Å². The number of benzene rings is 1. The molecule has 0 aromatic heterocycles. The summed E-state index contributed by atoms with van der Waals surface area (Å²) in [6.07, 6.45) is 1.27. The Morgan fingerprint density at radius 2 is 2.18 bits per heavy atom. The Balaban J connectivity index is 2.96. The SMILES string of the molecule is Cc1cccc(CC[SiH3])c1I. The summed E-state index contributed by atoms with van der Waals surface area (Å²) >= 11 is 2.44. The van der Waals surface area contributed by atoms with Crippen molar-refractivity contribution in [2.45, 2.75) is 19.4 Å². The first kappa shape index (κ1) is 9.26. The van der Waals surface area contributed by atoms with Gasteiger partial charge in [0, 0.05) is 13.8 Å². The molecular formula is C9H13ISi. The summed E-state index contributed by atoms with van der Waals surface area (Å²) in [6.45, 7) is 2.18. The lowest BCUT2D eigenvalue weighted by molar-refractivity contribution is 1.11. The van der Waals surface area contributed by atoms with Crippen LogP contribution in [-0.4, -0.2) is 10.2 Å². The lowest BCUT2D eigenvalue weighted by atomic mass is 10.1. The molecule has 0 amide bonds. The Morgan fingerprint density at radius 1 is 1.45 bits per heavy atom. The highest BCUT2D eigenvalue weighted by atomic mass is 127. The van der Waals surface area contributed by atoms with Crippen molar-refractivity contribution in [3.05, 3.63) is 32.9 Å². The van der Waals surface area contributed by atoms with Gasteiger partial charge in [-0.3, -0.25) is 0 Å². The second-order valence-electron chi connectivity index (χ2n) is 2.80. The summed E-state index contributed by atoms with van der Waals surface area (Å²) in [4.78, 5) is 0. The molecule has 0 unspecified atom stereocenters. The summed E-state index contributed by atoms with van der Waals surface area (Å²) in [5.74, 6) is 0. The molecule has 1 rings (SSSR count). The van der Waals surface area contributed by atoms with Gasteiger partial charge in [0.05, 0.1) is 0 Å². The van der Waals surface area contributed by atoms with Crippen LogP contribution in [0.5, 0.6) is 0 Å². The maximum absolute atomic E-state index is 2.44. The molecule has 0 spiro atoms. The van der Waals surface area contributed by atoms with Gasteiger partial charge >= 0.3 is 0 Å². The van der Waals surface area contributed by atoms with E-state index < -0.39 is 0 Å². The fraction of sp³-hybridized carbons (Fsp3) is 0.333. The smallest absolute Gasteiger partial charge is 0.0191 e. The Labute approximate surface area is 85.0 Å². The Bertz CT molecular complexity index is 245. The van der Waals surface area contributed by atoms with Crippen LogP contribution in [0.3, 0.4) is 0 Å². The molecule has 11 heavy (non-hydrogen) atoms. The second kappa shape index (κ2) is 4.26. The fourth-order valence-corrected chi connectivity index (χ4v) is 2.34. The predicted molar refractivity (Wildman–Crippen MR) is 62.3 cm³/mol. The minimum Gasteiger partial charge on any atom is -0.0618 e. The highest BCUT2D eigenvalue weighted by Crippen LogP contribution is 2.17. The lowest BCUT2D eigenvalue weighted by Gasteiger charge is -2.04. The number of hydrogen-bond acceptors (Lipinski definition) is 0. The molecule has 0 bridgehead atoms. The third-order valence-electron chi connectivity index (χ3n) is 1.79. The maximum Gasteiger partial charge on any atom is 0.0191 e. The molecule has 0 saturated carbocycles. The van der Waals surface area contributed by atoms with E-state index in [9.17, 15) is 0 Å². The van der Waals surface area contributed by atoms with Crippen LogP contribution >= 0.6 is 22.6 Å². The topological polar surface area (TPSA) is 0 Å².